The molecule has 20 heavy (non-hydrogen) atoms. The monoisotopic (exact) mass is 350 g/mol. The molecule has 16 heteroatoms. The first-order chi connectivity index (χ1) is 8.71. The predicted molar refractivity (Wildman–Crippen MR) is 49.5 cm³/mol. The first-order valence-electron chi connectivity index (χ1n) is 3.91. The van der Waals surface area contributed by atoms with Crippen molar-refractivity contribution >= 4 is 20.0 Å². The van der Waals surface area contributed by atoms with Crippen LogP contribution in [0.2, 0.25) is 0 Å². The van der Waals surface area contributed by atoms with E-state index in [-0.39, 0.29) is 0 Å². The Bertz CT molecular complexity index is 543. The van der Waals surface area contributed by atoms with E-state index in [9.17, 15) is 43.2 Å². The van der Waals surface area contributed by atoms with E-state index in [2.05, 4.69) is 15.4 Å². The van der Waals surface area contributed by atoms with Gasteiger partial charge in [0.2, 0.25) is 0 Å². The summed E-state index contributed by atoms with van der Waals surface area (Å²) < 4.78 is 108. The van der Waals surface area contributed by atoms with Gasteiger partial charge in [-0.3, -0.25) is 0 Å². The van der Waals surface area contributed by atoms with E-state index in [0.29, 0.717) is 0 Å². The van der Waals surface area contributed by atoms with Gasteiger partial charge in [0.1, 0.15) is 0 Å². The van der Waals surface area contributed by atoms with Crippen molar-refractivity contribution in [2.45, 2.75) is 11.0 Å². The van der Waals surface area contributed by atoms with Gasteiger partial charge in [-0.25, -0.2) is 16.8 Å². The quantitative estimate of drug-likeness (QED) is 0.729. The van der Waals surface area contributed by atoms with E-state index in [1.807, 2.05) is 0 Å². The van der Waals surface area contributed by atoms with E-state index >= 15 is 0 Å². The molecule has 0 spiro atoms. The van der Waals surface area contributed by atoms with Crippen molar-refractivity contribution in [2.24, 2.45) is 0 Å². The molecule has 0 saturated heterocycles. The maximum atomic E-state index is 11.5. The third-order valence-electron chi connectivity index (χ3n) is 1.16. The molecule has 0 aliphatic heterocycles. The minimum absolute atomic E-state index is 0.493. The predicted octanol–water partition coefficient (Wildman–Crippen LogP) is 0.0799. The van der Waals surface area contributed by atoms with Gasteiger partial charge in [0.15, 0.2) is 0 Å². The van der Waals surface area contributed by atoms with Crippen molar-refractivity contribution in [3.63, 3.8) is 0 Å². The van der Waals surface area contributed by atoms with Crippen LogP contribution in [-0.4, -0.2) is 43.3 Å². The van der Waals surface area contributed by atoms with Gasteiger partial charge in [-0.2, -0.15) is 41.8 Å². The van der Waals surface area contributed by atoms with Crippen LogP contribution in [0.4, 0.5) is 26.3 Å². The summed E-state index contributed by atoms with van der Waals surface area (Å²) in [5.41, 5.74) is -12.3. The average Bonchev–Trinajstić information content (AvgIpc) is 2.68. The SMILES string of the molecule is O=S(=O)(NS(=O)(=O)C(F)(F)F)C(F)(F)F.c1cn[nH]n1. The summed E-state index contributed by atoms with van der Waals surface area (Å²) in [7, 11) is -13.2. The fourth-order valence-electron chi connectivity index (χ4n) is 0.406. The Labute approximate surface area is 107 Å². The molecular formula is C4H4F6N4O4S2. The number of sulfonamides is 2. The Hall–Kier alpha value is -1.42. The summed E-state index contributed by atoms with van der Waals surface area (Å²) in [4.78, 5) is 0. The van der Waals surface area contributed by atoms with Gasteiger partial charge < -0.3 is 0 Å². The Morgan fingerprint density at radius 2 is 1.10 bits per heavy atom. The normalized spacial score (nSPS) is 13.5. The maximum Gasteiger partial charge on any atom is 0.512 e. The van der Waals surface area contributed by atoms with Gasteiger partial charge >= 0.3 is 31.1 Å². The molecule has 1 aromatic heterocycles. The van der Waals surface area contributed by atoms with Gasteiger partial charge in [0.25, 0.3) is 0 Å². The van der Waals surface area contributed by atoms with E-state index in [4.69, 9.17) is 0 Å². The second-order valence-corrected chi connectivity index (χ2v) is 6.24. The van der Waals surface area contributed by atoms with Gasteiger partial charge in [0, 0.05) is 0 Å². The first kappa shape index (κ1) is 18.6. The van der Waals surface area contributed by atoms with E-state index in [0.717, 1.165) is 0 Å². The van der Waals surface area contributed by atoms with Crippen LogP contribution in [0, 0.1) is 0 Å². The summed E-state index contributed by atoms with van der Waals surface area (Å²) in [6.07, 6.45) is 3.17. The lowest BCUT2D eigenvalue weighted by atomic mass is 11.0. The van der Waals surface area contributed by atoms with Crippen LogP contribution in [-0.2, 0) is 20.0 Å². The van der Waals surface area contributed by atoms with Crippen molar-refractivity contribution in [1.82, 2.24) is 19.5 Å². The lowest BCUT2D eigenvalue weighted by Crippen LogP contribution is -2.45. The number of hydrogen-bond donors (Lipinski definition) is 2. The third kappa shape index (κ3) is 5.29. The van der Waals surface area contributed by atoms with Crippen LogP contribution >= 0.6 is 0 Å². The van der Waals surface area contributed by atoms with Crippen LogP contribution in [0.25, 0.3) is 0 Å². The summed E-state index contributed by atoms with van der Waals surface area (Å²) >= 11 is 0. The average molecular weight is 350 g/mol. The van der Waals surface area contributed by atoms with Gasteiger partial charge in [-0.15, -0.1) is 0 Å². The van der Waals surface area contributed by atoms with Crippen LogP contribution in [0.5, 0.6) is 0 Å². The standard InChI is InChI=1S/C2HF6NO4S2.C2H3N3/c3-1(4,5)14(10,11)9-15(12,13)2(6,7)8;1-2-4-5-3-1/h9H;1-2H,(H,3,4,5). The zero-order valence-corrected chi connectivity index (χ0v) is 10.4. The number of alkyl halides is 6. The highest BCUT2D eigenvalue weighted by atomic mass is 32.3. The number of aromatic amines is 1. The van der Waals surface area contributed by atoms with Crippen molar-refractivity contribution in [3.8, 4) is 0 Å². The lowest BCUT2D eigenvalue weighted by Gasteiger charge is -2.11. The zero-order chi connectivity index (χ0) is 16.2. The first-order valence-corrected chi connectivity index (χ1v) is 6.88. The van der Waals surface area contributed by atoms with E-state index in [1.54, 1.807) is 12.4 Å². The highest BCUT2D eigenvalue weighted by molar-refractivity contribution is 8.05. The topological polar surface area (TPSA) is 122 Å². The molecule has 0 unspecified atom stereocenters. The van der Waals surface area contributed by atoms with Gasteiger partial charge in [0.05, 0.1) is 12.4 Å². The van der Waals surface area contributed by atoms with E-state index < -0.39 is 35.2 Å². The number of nitrogens with one attached hydrogen (secondary N) is 2. The Balaban J connectivity index is 0.000000595. The molecule has 0 saturated carbocycles. The summed E-state index contributed by atoms with van der Waals surface area (Å²) in [5.74, 6) is 0. The number of rotatable bonds is 2. The van der Waals surface area contributed by atoms with Crippen LogP contribution in [0.1, 0.15) is 0 Å². The minimum Gasteiger partial charge on any atom is -0.202 e. The largest absolute Gasteiger partial charge is 0.512 e. The molecule has 0 atom stereocenters. The van der Waals surface area contributed by atoms with Crippen LogP contribution in [0.15, 0.2) is 12.4 Å². The molecule has 0 aliphatic carbocycles. The van der Waals surface area contributed by atoms with Gasteiger partial charge in [-0.1, -0.05) is 4.13 Å². The van der Waals surface area contributed by atoms with Crippen molar-refractivity contribution in [1.29, 1.82) is 0 Å². The number of hydrogen-bond acceptors (Lipinski definition) is 6. The Morgan fingerprint density at radius 1 is 0.800 bits per heavy atom. The fourth-order valence-corrected chi connectivity index (χ4v) is 2.32. The maximum absolute atomic E-state index is 11.5. The number of halogens is 6. The molecular weight excluding hydrogens is 346 g/mol. The van der Waals surface area contributed by atoms with Crippen LogP contribution in [0.3, 0.4) is 0 Å². The lowest BCUT2D eigenvalue weighted by molar-refractivity contribution is -0.0476. The summed E-state index contributed by atoms with van der Waals surface area (Å²) in [5, 5.41) is 9.33. The molecule has 2 N–H and O–H groups in total. The smallest absolute Gasteiger partial charge is 0.202 e. The molecule has 0 aromatic carbocycles. The van der Waals surface area contributed by atoms with Gasteiger partial charge in [-0.05, 0) is 0 Å². The molecule has 0 aliphatic rings. The number of aromatic nitrogens is 3. The number of H-pyrrole nitrogens is 1. The molecule has 0 bridgehead atoms. The van der Waals surface area contributed by atoms with Crippen molar-refractivity contribution in [2.75, 3.05) is 0 Å². The molecule has 1 aromatic rings. The Morgan fingerprint density at radius 3 is 1.25 bits per heavy atom. The third-order valence-corrected chi connectivity index (χ3v) is 4.13. The van der Waals surface area contributed by atoms with E-state index in [1.165, 1.54) is 0 Å². The summed E-state index contributed by atoms with van der Waals surface area (Å²) in [6.45, 7) is 0. The second-order valence-electron chi connectivity index (χ2n) is 2.64. The molecule has 1 rings (SSSR count). The molecule has 0 radical (unpaired) electrons. The minimum atomic E-state index is -6.60. The molecule has 118 valence electrons. The zero-order valence-electron chi connectivity index (χ0n) is 8.77. The highest BCUT2D eigenvalue weighted by Crippen LogP contribution is 2.27. The highest BCUT2D eigenvalue weighted by Gasteiger charge is 2.55. The van der Waals surface area contributed by atoms with Crippen molar-refractivity contribution in [3.05, 3.63) is 12.4 Å². The molecule has 0 fully saturated rings. The molecule has 1 heterocycles. The fraction of sp³-hybridized carbons (Fsp3) is 0.500. The summed E-state index contributed by atoms with van der Waals surface area (Å²) in [6, 6.07) is 0. The van der Waals surface area contributed by atoms with Crippen molar-refractivity contribution < 1.29 is 43.2 Å². The second kappa shape index (κ2) is 5.92. The Kier molecular flexibility index (Phi) is 5.50. The van der Waals surface area contributed by atoms with Crippen LogP contribution < -0.4 is 4.13 Å². The number of nitrogens with zero attached hydrogens (tertiary/aromatic N) is 2. The molecule has 8 nitrogen and oxygen atoms in total. The molecule has 0 amide bonds.